The van der Waals surface area contributed by atoms with Crippen LogP contribution >= 0.6 is 0 Å². The van der Waals surface area contributed by atoms with Crippen molar-refractivity contribution < 1.29 is 9.96 Å². The molecule has 0 amide bonds. The van der Waals surface area contributed by atoms with E-state index in [0.29, 0.717) is 0 Å². The van der Waals surface area contributed by atoms with Crippen molar-refractivity contribution in [1.82, 2.24) is 0 Å². The van der Waals surface area contributed by atoms with Gasteiger partial charge >= 0.3 is 0 Å². The standard InChI is InChI=1S/C8H15N2.H2O/c1-3-4-6-10(2)7-5-9-8-10;/h5,7-8H,3-4,6H2,1-2H3;1H2/q+1;/p-1. The zero-order valence-corrected chi connectivity index (χ0v) is 7.20. The quantitative estimate of drug-likeness (QED) is 0.572. The second-order valence-electron chi connectivity index (χ2n) is 2.99. The molecule has 0 spiro atoms. The minimum Gasteiger partial charge on any atom is -0.870 e. The smallest absolute Gasteiger partial charge is 0.194 e. The molecule has 1 aliphatic heterocycles. The lowest BCUT2D eigenvalue weighted by Gasteiger charge is -2.20. The fourth-order valence-corrected chi connectivity index (χ4v) is 1.05. The fourth-order valence-electron chi connectivity index (χ4n) is 1.05. The minimum absolute atomic E-state index is 0. The van der Waals surface area contributed by atoms with E-state index in [-0.39, 0.29) is 5.48 Å². The molecule has 3 nitrogen and oxygen atoms in total. The van der Waals surface area contributed by atoms with E-state index >= 15 is 0 Å². The van der Waals surface area contributed by atoms with E-state index in [4.69, 9.17) is 0 Å². The van der Waals surface area contributed by atoms with Gasteiger partial charge in [0.2, 0.25) is 0 Å². The highest BCUT2D eigenvalue weighted by atomic mass is 16.0. The monoisotopic (exact) mass is 156 g/mol. The lowest BCUT2D eigenvalue weighted by atomic mass is 10.3. The van der Waals surface area contributed by atoms with Crippen LogP contribution in [0.2, 0.25) is 0 Å². The van der Waals surface area contributed by atoms with E-state index in [0.717, 1.165) is 4.48 Å². The molecule has 1 rings (SSSR count). The van der Waals surface area contributed by atoms with Crippen molar-refractivity contribution in [2.45, 2.75) is 19.8 Å². The van der Waals surface area contributed by atoms with Gasteiger partial charge < -0.3 is 5.48 Å². The zero-order valence-electron chi connectivity index (χ0n) is 7.20. The van der Waals surface area contributed by atoms with Crippen LogP contribution in [-0.4, -0.2) is 29.9 Å². The van der Waals surface area contributed by atoms with Gasteiger partial charge in [-0.05, 0) is 6.42 Å². The van der Waals surface area contributed by atoms with Crippen LogP contribution in [-0.2, 0) is 0 Å². The van der Waals surface area contributed by atoms with Crippen LogP contribution in [0.1, 0.15) is 19.8 Å². The first-order chi connectivity index (χ1) is 4.77. The maximum Gasteiger partial charge on any atom is 0.194 e. The molecule has 1 aliphatic rings. The average molecular weight is 156 g/mol. The number of quaternary nitrogens is 1. The lowest BCUT2D eigenvalue weighted by molar-refractivity contribution is -0.756. The third-order valence-electron chi connectivity index (χ3n) is 1.82. The van der Waals surface area contributed by atoms with Crippen molar-refractivity contribution in [3.8, 4) is 0 Å². The summed E-state index contributed by atoms with van der Waals surface area (Å²) >= 11 is 0. The minimum atomic E-state index is 0. The first kappa shape index (κ1) is 10.3. The maximum absolute atomic E-state index is 4.06. The molecular formula is C8H16N2O. The fraction of sp³-hybridized carbons (Fsp3) is 0.625. The SMILES string of the molecule is CCCC[N+]1(C)C=CN=C1.[OH-]. The van der Waals surface area contributed by atoms with Gasteiger partial charge in [-0.25, -0.2) is 4.99 Å². The van der Waals surface area contributed by atoms with Gasteiger partial charge in [0.25, 0.3) is 0 Å². The third kappa shape index (κ3) is 2.82. The van der Waals surface area contributed by atoms with Gasteiger partial charge in [0, 0.05) is 0 Å². The molecule has 0 bridgehead atoms. The van der Waals surface area contributed by atoms with Crippen molar-refractivity contribution in [3.05, 3.63) is 12.4 Å². The van der Waals surface area contributed by atoms with E-state index in [1.54, 1.807) is 0 Å². The molecule has 0 fully saturated rings. The summed E-state index contributed by atoms with van der Waals surface area (Å²) in [6.07, 6.45) is 8.50. The van der Waals surface area contributed by atoms with Crippen LogP contribution < -0.4 is 0 Å². The number of unbranched alkanes of at least 4 members (excludes halogenated alkanes) is 1. The van der Waals surface area contributed by atoms with Crippen molar-refractivity contribution in [2.75, 3.05) is 13.6 Å². The summed E-state index contributed by atoms with van der Waals surface area (Å²) < 4.78 is 0.883. The molecule has 0 saturated carbocycles. The molecule has 1 heterocycles. The predicted molar refractivity (Wildman–Crippen MR) is 45.5 cm³/mol. The summed E-state index contributed by atoms with van der Waals surface area (Å²) in [6.45, 7) is 3.39. The number of rotatable bonds is 3. The number of nitrogens with zero attached hydrogens (tertiary/aromatic N) is 2. The highest BCUT2D eigenvalue weighted by Gasteiger charge is 2.17. The summed E-state index contributed by atoms with van der Waals surface area (Å²) in [6, 6.07) is 0. The van der Waals surface area contributed by atoms with Crippen LogP contribution in [0, 0.1) is 0 Å². The topological polar surface area (TPSA) is 42.4 Å². The van der Waals surface area contributed by atoms with Crippen LogP contribution in [0.3, 0.4) is 0 Å². The van der Waals surface area contributed by atoms with Gasteiger partial charge in [0.05, 0.1) is 19.8 Å². The van der Waals surface area contributed by atoms with Crippen LogP contribution in [0.15, 0.2) is 17.4 Å². The molecule has 0 aromatic rings. The lowest BCUT2D eigenvalue weighted by Crippen LogP contribution is -2.35. The van der Waals surface area contributed by atoms with Crippen molar-refractivity contribution in [1.29, 1.82) is 0 Å². The van der Waals surface area contributed by atoms with Gasteiger partial charge in [0.1, 0.15) is 6.20 Å². The van der Waals surface area contributed by atoms with E-state index in [1.165, 1.54) is 19.4 Å². The molecule has 0 saturated heterocycles. The Kier molecular flexibility index (Phi) is 4.00. The van der Waals surface area contributed by atoms with E-state index in [9.17, 15) is 0 Å². The number of hydrogen-bond donors (Lipinski definition) is 0. The van der Waals surface area contributed by atoms with Crippen molar-refractivity contribution in [2.24, 2.45) is 4.99 Å². The van der Waals surface area contributed by atoms with Gasteiger partial charge in [-0.1, -0.05) is 13.3 Å². The van der Waals surface area contributed by atoms with Crippen LogP contribution in [0.4, 0.5) is 0 Å². The summed E-state index contributed by atoms with van der Waals surface area (Å²) in [4.78, 5) is 4.06. The summed E-state index contributed by atoms with van der Waals surface area (Å²) in [5, 5.41) is 0. The van der Waals surface area contributed by atoms with Crippen molar-refractivity contribution in [3.63, 3.8) is 0 Å². The van der Waals surface area contributed by atoms with E-state index < -0.39 is 0 Å². The Morgan fingerprint density at radius 2 is 2.18 bits per heavy atom. The highest BCUT2D eigenvalue weighted by Crippen LogP contribution is 2.08. The average Bonchev–Trinajstić information content (AvgIpc) is 2.33. The largest absolute Gasteiger partial charge is 0.870 e. The molecule has 0 radical (unpaired) electrons. The molecule has 64 valence electrons. The molecule has 1 atom stereocenters. The molecule has 3 heteroatoms. The Labute approximate surface area is 67.9 Å². The predicted octanol–water partition coefficient (Wildman–Crippen LogP) is 1.57. The Balaban J connectivity index is 0.000001000. The molecular weight excluding hydrogens is 140 g/mol. The third-order valence-corrected chi connectivity index (χ3v) is 1.82. The van der Waals surface area contributed by atoms with Gasteiger partial charge in [0.15, 0.2) is 6.34 Å². The molecule has 11 heavy (non-hydrogen) atoms. The molecule has 1 unspecified atom stereocenters. The Morgan fingerprint density at radius 3 is 2.64 bits per heavy atom. The first-order valence-corrected chi connectivity index (χ1v) is 3.84. The number of aliphatic imine (C=N–C) groups is 1. The summed E-state index contributed by atoms with van der Waals surface area (Å²) in [5.41, 5.74) is 0. The normalized spacial score (nSPS) is 27.1. The number of hydrogen-bond acceptors (Lipinski definition) is 2. The Morgan fingerprint density at radius 1 is 1.45 bits per heavy atom. The summed E-state index contributed by atoms with van der Waals surface area (Å²) in [7, 11) is 2.17. The highest BCUT2D eigenvalue weighted by molar-refractivity contribution is 5.50. The molecule has 1 N–H and O–H groups in total. The zero-order chi connectivity index (χ0) is 7.45. The first-order valence-electron chi connectivity index (χ1n) is 3.84. The van der Waals surface area contributed by atoms with Crippen LogP contribution in [0.5, 0.6) is 0 Å². The van der Waals surface area contributed by atoms with Gasteiger partial charge in [-0.2, -0.15) is 0 Å². The van der Waals surface area contributed by atoms with Gasteiger partial charge in [-0.15, -0.1) is 0 Å². The Bertz CT molecular complexity index is 151. The van der Waals surface area contributed by atoms with Crippen LogP contribution in [0.25, 0.3) is 0 Å². The van der Waals surface area contributed by atoms with Crippen molar-refractivity contribution >= 4 is 6.34 Å². The molecule has 0 aromatic carbocycles. The molecule has 0 aromatic heterocycles. The van der Waals surface area contributed by atoms with E-state index in [1.807, 2.05) is 12.5 Å². The van der Waals surface area contributed by atoms with E-state index in [2.05, 4.69) is 25.2 Å². The maximum atomic E-state index is 4.06. The Hall–Kier alpha value is -0.670. The van der Waals surface area contributed by atoms with Gasteiger partial charge in [-0.3, -0.25) is 4.48 Å². The second-order valence-corrected chi connectivity index (χ2v) is 2.99. The second kappa shape index (κ2) is 4.26. The summed E-state index contributed by atoms with van der Waals surface area (Å²) in [5.74, 6) is 0. The molecule has 0 aliphatic carbocycles.